The van der Waals surface area contributed by atoms with E-state index < -0.39 is 0 Å². The molecule has 0 aliphatic heterocycles. The third kappa shape index (κ3) is 4.78. The second-order valence-corrected chi connectivity index (χ2v) is 5.35. The Morgan fingerprint density at radius 3 is 2.65 bits per heavy atom. The number of hydrogen-bond acceptors (Lipinski definition) is 7. The minimum absolute atomic E-state index is 0.176. The quantitative estimate of drug-likeness (QED) is 0.606. The summed E-state index contributed by atoms with van der Waals surface area (Å²) < 4.78 is 6.52. The monoisotopic (exact) mass is 335 g/mol. The molecule has 0 aliphatic rings. The average molecular weight is 335 g/mol. The summed E-state index contributed by atoms with van der Waals surface area (Å²) in [7, 11) is 0. The highest BCUT2D eigenvalue weighted by Gasteiger charge is 2.10. The summed E-state index contributed by atoms with van der Waals surface area (Å²) in [6.45, 7) is 4.64. The Kier molecular flexibility index (Phi) is 6.10. The number of aryl methyl sites for hydroxylation is 1. The summed E-state index contributed by atoms with van der Waals surface area (Å²) >= 11 is 1.26. The van der Waals surface area contributed by atoms with Crippen molar-refractivity contribution in [2.45, 2.75) is 25.5 Å². The van der Waals surface area contributed by atoms with Crippen LogP contribution in [0.25, 0.3) is 0 Å². The van der Waals surface area contributed by atoms with Crippen LogP contribution in [-0.4, -0.2) is 44.4 Å². The zero-order valence-electron chi connectivity index (χ0n) is 12.9. The van der Waals surface area contributed by atoms with Gasteiger partial charge in [-0.15, -0.1) is 5.10 Å². The number of rotatable bonds is 7. The van der Waals surface area contributed by atoms with Gasteiger partial charge < -0.3 is 10.1 Å². The van der Waals surface area contributed by atoms with Gasteiger partial charge in [-0.1, -0.05) is 11.8 Å². The number of carbonyl (C=O) groups is 2. The molecule has 1 amide bonds. The minimum atomic E-state index is -0.382. The molecular formula is C14H17N5O3S. The maximum atomic E-state index is 11.9. The second-order valence-electron chi connectivity index (χ2n) is 4.41. The topological polar surface area (TPSA) is 99.0 Å². The molecule has 1 N–H and O–H groups in total. The fraction of sp³-hybridized carbons (Fsp3) is 0.357. The van der Waals surface area contributed by atoms with Gasteiger partial charge in [0, 0.05) is 12.2 Å². The van der Waals surface area contributed by atoms with Crippen molar-refractivity contribution in [3.63, 3.8) is 0 Å². The first-order valence-electron chi connectivity index (χ1n) is 7.10. The Balaban J connectivity index is 1.86. The number of amides is 1. The summed E-state index contributed by atoms with van der Waals surface area (Å²) in [4.78, 5) is 23.5. The fourth-order valence-corrected chi connectivity index (χ4v) is 2.47. The van der Waals surface area contributed by atoms with Gasteiger partial charge in [-0.2, -0.15) is 0 Å². The van der Waals surface area contributed by atoms with E-state index in [0.29, 0.717) is 29.6 Å². The molecule has 0 bridgehead atoms. The van der Waals surface area contributed by atoms with Crippen molar-refractivity contribution in [1.82, 2.24) is 20.2 Å². The summed E-state index contributed by atoms with van der Waals surface area (Å²) in [5.74, 6) is -0.364. The molecule has 0 unspecified atom stereocenters. The van der Waals surface area contributed by atoms with Gasteiger partial charge in [0.05, 0.1) is 17.9 Å². The molecule has 0 radical (unpaired) electrons. The van der Waals surface area contributed by atoms with Gasteiger partial charge in [0.25, 0.3) is 0 Å². The first-order valence-corrected chi connectivity index (χ1v) is 8.08. The Morgan fingerprint density at radius 1 is 1.26 bits per heavy atom. The lowest BCUT2D eigenvalue weighted by Gasteiger charge is -2.06. The highest BCUT2D eigenvalue weighted by Crippen LogP contribution is 2.15. The van der Waals surface area contributed by atoms with Crippen LogP contribution >= 0.6 is 11.8 Å². The predicted molar refractivity (Wildman–Crippen MR) is 85.2 cm³/mol. The molecule has 8 nitrogen and oxygen atoms in total. The summed E-state index contributed by atoms with van der Waals surface area (Å²) in [6, 6.07) is 6.53. The number of nitrogens with one attached hydrogen (secondary N) is 1. The highest BCUT2D eigenvalue weighted by molar-refractivity contribution is 7.99. The number of carbonyl (C=O) groups excluding carboxylic acids is 2. The van der Waals surface area contributed by atoms with Crippen LogP contribution in [0.15, 0.2) is 29.4 Å². The molecule has 0 spiro atoms. The van der Waals surface area contributed by atoms with Crippen molar-refractivity contribution in [3.05, 3.63) is 29.8 Å². The summed E-state index contributed by atoms with van der Waals surface area (Å²) in [6.07, 6.45) is 0. The molecule has 0 aliphatic carbocycles. The average Bonchev–Trinajstić information content (AvgIpc) is 3.01. The van der Waals surface area contributed by atoms with E-state index >= 15 is 0 Å². The minimum Gasteiger partial charge on any atom is -0.462 e. The maximum Gasteiger partial charge on any atom is 0.338 e. The number of aromatic nitrogens is 4. The fourth-order valence-electron chi connectivity index (χ4n) is 1.73. The van der Waals surface area contributed by atoms with Crippen LogP contribution in [0.3, 0.4) is 0 Å². The van der Waals surface area contributed by atoms with Crippen molar-refractivity contribution in [3.8, 4) is 0 Å². The molecule has 0 saturated heterocycles. The summed E-state index contributed by atoms with van der Waals surface area (Å²) in [5, 5.41) is 14.6. The van der Waals surface area contributed by atoms with Gasteiger partial charge in [0.2, 0.25) is 11.1 Å². The van der Waals surface area contributed by atoms with E-state index in [1.807, 2.05) is 6.92 Å². The number of hydrogen-bond donors (Lipinski definition) is 1. The van der Waals surface area contributed by atoms with E-state index in [1.165, 1.54) is 11.8 Å². The molecule has 2 rings (SSSR count). The number of esters is 1. The molecule has 23 heavy (non-hydrogen) atoms. The Hall–Kier alpha value is -2.42. The second kappa shape index (κ2) is 8.28. The first-order chi connectivity index (χ1) is 11.1. The van der Waals surface area contributed by atoms with Crippen molar-refractivity contribution < 1.29 is 14.3 Å². The van der Waals surface area contributed by atoms with Crippen LogP contribution in [0.1, 0.15) is 24.2 Å². The van der Waals surface area contributed by atoms with Crippen molar-refractivity contribution in [1.29, 1.82) is 0 Å². The van der Waals surface area contributed by atoms with Gasteiger partial charge in [0.1, 0.15) is 0 Å². The smallest absolute Gasteiger partial charge is 0.338 e. The van der Waals surface area contributed by atoms with E-state index in [1.54, 1.807) is 35.9 Å². The number of tetrazole rings is 1. The van der Waals surface area contributed by atoms with Gasteiger partial charge in [-0.3, -0.25) is 4.79 Å². The summed E-state index contributed by atoms with van der Waals surface area (Å²) in [5.41, 5.74) is 1.06. The van der Waals surface area contributed by atoms with E-state index in [-0.39, 0.29) is 17.6 Å². The largest absolute Gasteiger partial charge is 0.462 e. The van der Waals surface area contributed by atoms with Gasteiger partial charge in [0.15, 0.2) is 0 Å². The third-order valence-corrected chi connectivity index (χ3v) is 3.77. The number of anilines is 1. The zero-order chi connectivity index (χ0) is 16.7. The molecule has 1 aromatic heterocycles. The van der Waals surface area contributed by atoms with E-state index in [0.717, 1.165) is 0 Å². The van der Waals surface area contributed by atoms with Crippen LogP contribution in [0, 0.1) is 0 Å². The number of benzene rings is 1. The molecule has 0 saturated carbocycles. The van der Waals surface area contributed by atoms with Crippen LogP contribution in [-0.2, 0) is 16.1 Å². The van der Waals surface area contributed by atoms with Crippen molar-refractivity contribution >= 4 is 29.3 Å². The molecule has 0 atom stereocenters. The molecule has 1 aromatic carbocycles. The lowest BCUT2D eigenvalue weighted by atomic mass is 10.2. The van der Waals surface area contributed by atoms with Crippen molar-refractivity contribution in [2.75, 3.05) is 17.7 Å². The zero-order valence-corrected chi connectivity index (χ0v) is 13.7. The Labute approximate surface area is 137 Å². The van der Waals surface area contributed by atoms with E-state index in [4.69, 9.17) is 4.74 Å². The predicted octanol–water partition coefficient (Wildman–Crippen LogP) is 1.60. The van der Waals surface area contributed by atoms with Crippen LogP contribution in [0.4, 0.5) is 5.69 Å². The molecule has 0 fully saturated rings. The van der Waals surface area contributed by atoms with Gasteiger partial charge >= 0.3 is 5.97 Å². The van der Waals surface area contributed by atoms with Crippen molar-refractivity contribution in [2.24, 2.45) is 0 Å². The van der Waals surface area contributed by atoms with Crippen LogP contribution in [0.5, 0.6) is 0 Å². The molecule has 1 heterocycles. The standard InChI is InChI=1S/C14H17N5O3S/c1-3-19-14(16-17-18-19)23-9-12(20)15-11-7-5-10(6-8-11)13(21)22-4-2/h5-8H,3-4,9H2,1-2H3,(H,15,20). The molecular weight excluding hydrogens is 318 g/mol. The van der Waals surface area contributed by atoms with Crippen LogP contribution < -0.4 is 5.32 Å². The third-order valence-electron chi connectivity index (χ3n) is 2.81. The van der Waals surface area contributed by atoms with Gasteiger partial charge in [-0.05, 0) is 48.5 Å². The number of thioether (sulfide) groups is 1. The van der Waals surface area contributed by atoms with E-state index in [2.05, 4.69) is 20.8 Å². The Morgan fingerprint density at radius 2 is 2.00 bits per heavy atom. The SMILES string of the molecule is CCOC(=O)c1ccc(NC(=O)CSc2nnnn2CC)cc1. The first kappa shape index (κ1) is 16.9. The highest BCUT2D eigenvalue weighted by atomic mass is 32.2. The lowest BCUT2D eigenvalue weighted by Crippen LogP contribution is -2.15. The van der Waals surface area contributed by atoms with E-state index in [9.17, 15) is 9.59 Å². The molecule has 2 aromatic rings. The molecule has 9 heteroatoms. The Bertz CT molecular complexity index is 671. The normalized spacial score (nSPS) is 10.3. The van der Waals surface area contributed by atoms with Crippen LogP contribution in [0.2, 0.25) is 0 Å². The number of ether oxygens (including phenoxy) is 1. The maximum absolute atomic E-state index is 11.9. The van der Waals surface area contributed by atoms with Gasteiger partial charge in [-0.25, -0.2) is 9.48 Å². The molecule has 122 valence electrons. The number of nitrogens with zero attached hydrogens (tertiary/aromatic N) is 4. The lowest BCUT2D eigenvalue weighted by molar-refractivity contribution is -0.113.